The maximum absolute atomic E-state index is 13.2. The summed E-state index contributed by atoms with van der Waals surface area (Å²) in [6, 6.07) is 10.6. The number of halogens is 1. The first-order chi connectivity index (χ1) is 12.7. The third kappa shape index (κ3) is 2.06. The van der Waals surface area contributed by atoms with Crippen molar-refractivity contribution < 1.29 is 4.79 Å². The van der Waals surface area contributed by atoms with E-state index in [0.29, 0.717) is 32.9 Å². The zero-order valence-corrected chi connectivity index (χ0v) is 14.6. The summed E-state index contributed by atoms with van der Waals surface area (Å²) in [4.78, 5) is 32.8. The predicted molar refractivity (Wildman–Crippen MR) is 101 cm³/mol. The van der Waals surface area contributed by atoms with Gasteiger partial charge in [-0.2, -0.15) is 0 Å². The number of aromatic nitrogens is 2. The van der Waals surface area contributed by atoms with Gasteiger partial charge in [0.05, 0.1) is 32.9 Å². The van der Waals surface area contributed by atoms with E-state index in [1.807, 2.05) is 0 Å². The topological polar surface area (TPSA) is 67.2 Å². The zero-order valence-electron chi connectivity index (χ0n) is 13.8. The monoisotopic (exact) mass is 366 g/mol. The van der Waals surface area contributed by atoms with Gasteiger partial charge in [0, 0.05) is 26.2 Å². The van der Waals surface area contributed by atoms with Crippen LogP contribution in [0.2, 0.25) is 5.02 Å². The van der Waals surface area contributed by atoms with Gasteiger partial charge in [0.2, 0.25) is 5.78 Å². The molecule has 3 aromatic rings. The van der Waals surface area contributed by atoms with Gasteiger partial charge in [-0.1, -0.05) is 23.7 Å². The van der Waals surface area contributed by atoms with E-state index in [-0.39, 0.29) is 17.2 Å². The van der Waals surface area contributed by atoms with Gasteiger partial charge < -0.3 is 10.2 Å². The van der Waals surface area contributed by atoms with Crippen molar-refractivity contribution in [3.63, 3.8) is 0 Å². The first kappa shape index (κ1) is 15.5. The molecule has 5 rings (SSSR count). The normalized spacial score (nSPS) is 16.0. The van der Waals surface area contributed by atoms with Crippen molar-refractivity contribution in [2.24, 2.45) is 0 Å². The molecule has 1 N–H and O–H groups in total. The van der Waals surface area contributed by atoms with Crippen LogP contribution in [0.1, 0.15) is 16.2 Å². The molecule has 26 heavy (non-hydrogen) atoms. The van der Waals surface area contributed by atoms with Crippen LogP contribution in [-0.2, 0) is 0 Å². The maximum Gasteiger partial charge on any atom is 0.266 e. The Bertz CT molecular complexity index is 1130. The molecule has 1 saturated heterocycles. The van der Waals surface area contributed by atoms with E-state index < -0.39 is 0 Å². The molecule has 0 bridgehead atoms. The number of hydrogen-bond acceptors (Lipinski definition) is 5. The number of anilines is 1. The highest BCUT2D eigenvalue weighted by molar-refractivity contribution is 6.35. The molecule has 0 radical (unpaired) electrons. The second-order valence-electron chi connectivity index (χ2n) is 6.45. The van der Waals surface area contributed by atoms with E-state index in [9.17, 15) is 9.59 Å². The molecule has 2 aromatic carbocycles. The molecule has 0 aliphatic carbocycles. The Morgan fingerprint density at radius 1 is 1.04 bits per heavy atom. The summed E-state index contributed by atoms with van der Waals surface area (Å²) in [6.45, 7) is 3.15. The minimum atomic E-state index is -0.251. The van der Waals surface area contributed by atoms with Crippen LogP contribution < -0.4 is 15.8 Å². The lowest BCUT2D eigenvalue weighted by Gasteiger charge is -2.31. The Balaban J connectivity index is 1.81. The Morgan fingerprint density at radius 3 is 2.62 bits per heavy atom. The van der Waals surface area contributed by atoms with Crippen LogP contribution in [0.5, 0.6) is 0 Å². The number of hydrogen-bond donors (Lipinski definition) is 1. The number of carbonyl (C=O) groups excluding carboxylic acids is 1. The summed E-state index contributed by atoms with van der Waals surface area (Å²) >= 11 is 6.47. The van der Waals surface area contributed by atoms with Gasteiger partial charge in [-0.25, -0.2) is 4.98 Å². The van der Waals surface area contributed by atoms with Crippen molar-refractivity contribution in [3.8, 4) is 5.69 Å². The van der Waals surface area contributed by atoms with Crippen LogP contribution in [-0.4, -0.2) is 41.5 Å². The lowest BCUT2D eigenvalue weighted by Crippen LogP contribution is -2.44. The highest BCUT2D eigenvalue weighted by Gasteiger charge is 2.35. The van der Waals surface area contributed by atoms with Crippen LogP contribution in [0.4, 0.5) is 5.69 Å². The molecule has 1 aromatic heterocycles. The SMILES string of the molecule is O=C1c2c(ccc(Cl)c2N2CCNCC2)-n2c1nc1ccccc1c2=O. The van der Waals surface area contributed by atoms with E-state index in [1.165, 1.54) is 4.57 Å². The van der Waals surface area contributed by atoms with Crippen LogP contribution in [0.15, 0.2) is 41.2 Å². The number of fused-ring (bicyclic) bond motifs is 4. The summed E-state index contributed by atoms with van der Waals surface area (Å²) < 4.78 is 1.42. The third-order valence-corrected chi connectivity index (χ3v) is 5.29. The Hall–Kier alpha value is -2.70. The van der Waals surface area contributed by atoms with Crippen LogP contribution in [0.25, 0.3) is 16.6 Å². The fraction of sp³-hybridized carbons (Fsp3) is 0.211. The molecular formula is C19H15ClN4O2. The first-order valence-electron chi connectivity index (χ1n) is 8.52. The number of ketones is 1. The summed E-state index contributed by atoms with van der Waals surface area (Å²) in [5, 5.41) is 4.31. The largest absolute Gasteiger partial charge is 0.367 e. The lowest BCUT2D eigenvalue weighted by molar-refractivity contribution is 0.103. The Kier molecular flexibility index (Phi) is 3.38. The van der Waals surface area contributed by atoms with E-state index >= 15 is 0 Å². The fourth-order valence-corrected chi connectivity index (χ4v) is 4.06. The van der Waals surface area contributed by atoms with Crippen molar-refractivity contribution >= 4 is 34.0 Å². The molecule has 130 valence electrons. The molecule has 7 heteroatoms. The lowest BCUT2D eigenvalue weighted by atomic mass is 10.1. The average molecular weight is 367 g/mol. The van der Waals surface area contributed by atoms with Crippen LogP contribution >= 0.6 is 11.6 Å². The van der Waals surface area contributed by atoms with Crippen molar-refractivity contribution in [2.75, 3.05) is 31.1 Å². The second kappa shape index (κ2) is 5.65. The fourth-order valence-electron chi connectivity index (χ4n) is 3.78. The van der Waals surface area contributed by atoms with Crippen molar-refractivity contribution in [2.45, 2.75) is 0 Å². The van der Waals surface area contributed by atoms with Gasteiger partial charge >= 0.3 is 0 Å². The van der Waals surface area contributed by atoms with E-state index in [2.05, 4.69) is 15.2 Å². The summed E-state index contributed by atoms with van der Waals surface area (Å²) in [7, 11) is 0. The number of para-hydroxylation sites is 1. The minimum absolute atomic E-state index is 0.155. The Morgan fingerprint density at radius 2 is 1.81 bits per heavy atom. The molecule has 0 unspecified atom stereocenters. The molecule has 2 aliphatic heterocycles. The average Bonchev–Trinajstić information content (AvgIpc) is 2.95. The molecule has 0 amide bonds. The van der Waals surface area contributed by atoms with Crippen LogP contribution in [0.3, 0.4) is 0 Å². The number of benzene rings is 2. The van der Waals surface area contributed by atoms with E-state index in [0.717, 1.165) is 26.2 Å². The van der Waals surface area contributed by atoms with E-state index in [4.69, 9.17) is 11.6 Å². The quantitative estimate of drug-likeness (QED) is 0.558. The summed E-state index contributed by atoms with van der Waals surface area (Å²) in [6.07, 6.45) is 0. The number of piperazine rings is 1. The highest BCUT2D eigenvalue weighted by atomic mass is 35.5. The van der Waals surface area contributed by atoms with Gasteiger partial charge in [0.25, 0.3) is 5.56 Å². The number of carbonyl (C=O) groups is 1. The first-order valence-corrected chi connectivity index (χ1v) is 8.89. The smallest absolute Gasteiger partial charge is 0.266 e. The van der Waals surface area contributed by atoms with Crippen molar-refractivity contribution in [1.29, 1.82) is 0 Å². The molecular weight excluding hydrogens is 352 g/mol. The standard InChI is InChI=1S/C19H15ClN4O2/c20-12-5-6-14-15(16(12)23-9-7-21-8-10-23)17(25)18-22-13-4-2-1-3-11(13)19(26)24(14)18/h1-6,21H,7-10H2. The number of nitrogens with zero attached hydrogens (tertiary/aromatic N) is 3. The number of rotatable bonds is 1. The highest BCUT2D eigenvalue weighted by Crippen LogP contribution is 2.39. The summed E-state index contributed by atoms with van der Waals surface area (Å²) in [5.74, 6) is -0.0961. The van der Waals surface area contributed by atoms with Gasteiger partial charge in [-0.3, -0.25) is 14.2 Å². The third-order valence-electron chi connectivity index (χ3n) is 4.99. The van der Waals surface area contributed by atoms with Gasteiger partial charge in [0.15, 0.2) is 5.82 Å². The van der Waals surface area contributed by atoms with Gasteiger partial charge in [-0.15, -0.1) is 0 Å². The van der Waals surface area contributed by atoms with Gasteiger partial charge in [-0.05, 0) is 24.3 Å². The minimum Gasteiger partial charge on any atom is -0.367 e. The number of nitrogens with one attached hydrogen (secondary N) is 1. The maximum atomic E-state index is 13.2. The molecule has 1 fully saturated rings. The zero-order chi connectivity index (χ0) is 17.8. The van der Waals surface area contributed by atoms with Gasteiger partial charge in [0.1, 0.15) is 0 Å². The van der Waals surface area contributed by atoms with Crippen LogP contribution in [0, 0.1) is 0 Å². The molecule has 6 nitrogen and oxygen atoms in total. The molecule has 0 saturated carbocycles. The predicted octanol–water partition coefficient (Wildman–Crippen LogP) is 1.99. The molecule has 2 aliphatic rings. The van der Waals surface area contributed by atoms with Crippen molar-refractivity contribution in [1.82, 2.24) is 14.9 Å². The summed E-state index contributed by atoms with van der Waals surface area (Å²) in [5.41, 5.74) is 2.03. The van der Waals surface area contributed by atoms with E-state index in [1.54, 1.807) is 36.4 Å². The molecule has 0 atom stereocenters. The Labute approximate surface area is 154 Å². The second-order valence-corrected chi connectivity index (χ2v) is 6.86. The van der Waals surface area contributed by atoms with Crippen molar-refractivity contribution in [3.05, 3.63) is 63.2 Å². The molecule has 3 heterocycles. The molecule has 0 spiro atoms.